The van der Waals surface area contributed by atoms with E-state index in [1.807, 2.05) is 36.4 Å². The second-order valence-corrected chi connectivity index (χ2v) is 6.10. The van der Waals surface area contributed by atoms with Crippen LogP contribution in [0, 0.1) is 0 Å². The number of allylic oxidation sites excluding steroid dienone is 3. The molecule has 0 aromatic heterocycles. The van der Waals surface area contributed by atoms with E-state index in [9.17, 15) is 19.2 Å². The molecule has 27 heavy (non-hydrogen) atoms. The van der Waals surface area contributed by atoms with Gasteiger partial charge in [0.15, 0.2) is 17.3 Å². The molecule has 0 bridgehead atoms. The van der Waals surface area contributed by atoms with Gasteiger partial charge in [-0.2, -0.15) is 0 Å². The topological polar surface area (TPSA) is 77.5 Å². The number of esters is 1. The maximum absolute atomic E-state index is 11.9. The third-order valence-corrected chi connectivity index (χ3v) is 3.84. The molecule has 0 saturated heterocycles. The number of carbonyl (C=O) groups excluding carboxylic acids is 4. The van der Waals surface area contributed by atoms with E-state index in [1.165, 1.54) is 32.3 Å². The van der Waals surface area contributed by atoms with E-state index in [0.717, 1.165) is 28.0 Å². The minimum Gasteiger partial charge on any atom is -0.466 e. The Kier molecular flexibility index (Phi) is 6.94. The molecule has 5 heteroatoms. The lowest BCUT2D eigenvalue weighted by molar-refractivity contribution is -0.135. The number of hydrogen-bond donors (Lipinski definition) is 0. The monoisotopic (exact) mass is 364 g/mol. The van der Waals surface area contributed by atoms with E-state index in [4.69, 9.17) is 0 Å². The van der Waals surface area contributed by atoms with Crippen molar-refractivity contribution < 1.29 is 23.9 Å². The van der Waals surface area contributed by atoms with Gasteiger partial charge in [0.2, 0.25) is 0 Å². The first kappa shape index (κ1) is 20.0. The molecule has 0 heterocycles. The van der Waals surface area contributed by atoms with Gasteiger partial charge in [0.1, 0.15) is 0 Å². The first-order valence-electron chi connectivity index (χ1n) is 8.39. The van der Waals surface area contributed by atoms with Crippen molar-refractivity contribution in [2.75, 3.05) is 7.11 Å². The molecule has 0 aliphatic heterocycles. The van der Waals surface area contributed by atoms with Crippen LogP contribution in [0.5, 0.6) is 0 Å². The van der Waals surface area contributed by atoms with Crippen LogP contribution >= 0.6 is 0 Å². The molecule has 0 spiro atoms. The van der Waals surface area contributed by atoms with Gasteiger partial charge in [0, 0.05) is 18.9 Å². The van der Waals surface area contributed by atoms with Crippen molar-refractivity contribution in [1.82, 2.24) is 0 Å². The molecule has 2 aromatic rings. The van der Waals surface area contributed by atoms with Gasteiger partial charge in [-0.15, -0.1) is 0 Å². The van der Waals surface area contributed by atoms with Gasteiger partial charge in [0.25, 0.3) is 0 Å². The molecule has 0 radical (unpaired) electrons. The van der Waals surface area contributed by atoms with Gasteiger partial charge in [-0.1, -0.05) is 36.4 Å². The fraction of sp³-hybridized carbons (Fsp3) is 0.182. The molecule has 2 aromatic carbocycles. The fourth-order valence-electron chi connectivity index (χ4n) is 2.53. The molecular formula is C22H20O5. The van der Waals surface area contributed by atoms with Crippen LogP contribution in [-0.2, 0) is 36.8 Å². The number of carbonyl (C=O) groups is 4. The Labute approximate surface area is 157 Å². The third-order valence-electron chi connectivity index (χ3n) is 3.84. The Hall–Kier alpha value is -3.34. The molecule has 5 nitrogen and oxygen atoms in total. The summed E-state index contributed by atoms with van der Waals surface area (Å²) in [5.74, 6) is -1.10. The largest absolute Gasteiger partial charge is 0.466 e. The number of ether oxygens (including phenoxy) is 1. The smallest absolute Gasteiger partial charge is 0.330 e. The standard InChI is InChI=1S/C22H20O5/c1-15(23)3-8-20(24)13-16-4-6-18-7-5-17(12-19(18)11-16)14-21(25)9-10-22(26)27-2/h3-12H,13-14H2,1-2H3/b8-3-,10-9-. The predicted molar refractivity (Wildman–Crippen MR) is 102 cm³/mol. The van der Waals surface area contributed by atoms with Crippen LogP contribution in [0.2, 0.25) is 0 Å². The van der Waals surface area contributed by atoms with E-state index in [-0.39, 0.29) is 30.2 Å². The van der Waals surface area contributed by atoms with Gasteiger partial charge < -0.3 is 4.74 Å². The highest BCUT2D eigenvalue weighted by molar-refractivity contribution is 5.99. The molecule has 0 unspecified atom stereocenters. The van der Waals surface area contributed by atoms with Gasteiger partial charge in [-0.05, 0) is 47.1 Å². The van der Waals surface area contributed by atoms with E-state index < -0.39 is 5.97 Å². The molecule has 0 saturated carbocycles. The average Bonchev–Trinajstić information content (AvgIpc) is 2.64. The number of rotatable bonds is 8. The van der Waals surface area contributed by atoms with Gasteiger partial charge in [0.05, 0.1) is 7.11 Å². The number of hydrogen-bond acceptors (Lipinski definition) is 5. The second kappa shape index (κ2) is 9.38. The summed E-state index contributed by atoms with van der Waals surface area (Å²) in [6.07, 6.45) is 5.21. The lowest BCUT2D eigenvalue weighted by Gasteiger charge is -2.05. The molecule has 0 atom stereocenters. The minimum atomic E-state index is -0.574. The second-order valence-electron chi connectivity index (χ2n) is 6.10. The Morgan fingerprint density at radius 3 is 1.78 bits per heavy atom. The lowest BCUT2D eigenvalue weighted by atomic mass is 9.99. The normalized spacial score (nSPS) is 11.2. The highest BCUT2D eigenvalue weighted by Gasteiger charge is 2.05. The molecule has 0 aliphatic carbocycles. The zero-order valence-electron chi connectivity index (χ0n) is 15.2. The van der Waals surface area contributed by atoms with Crippen molar-refractivity contribution in [2.45, 2.75) is 19.8 Å². The van der Waals surface area contributed by atoms with Crippen LogP contribution in [0.1, 0.15) is 18.1 Å². The summed E-state index contributed by atoms with van der Waals surface area (Å²) in [7, 11) is 1.25. The van der Waals surface area contributed by atoms with Crippen LogP contribution in [-0.4, -0.2) is 30.4 Å². The Balaban J connectivity index is 2.14. The first-order chi connectivity index (χ1) is 12.9. The molecule has 0 aliphatic rings. The van der Waals surface area contributed by atoms with Gasteiger partial charge in [-0.25, -0.2) is 4.79 Å². The van der Waals surface area contributed by atoms with Crippen LogP contribution in [0.4, 0.5) is 0 Å². The average molecular weight is 364 g/mol. The van der Waals surface area contributed by atoms with Crippen molar-refractivity contribution in [3.63, 3.8) is 0 Å². The number of methoxy groups -OCH3 is 1. The lowest BCUT2D eigenvalue weighted by Crippen LogP contribution is -2.02. The molecule has 2 rings (SSSR count). The number of fused-ring (bicyclic) bond motifs is 1. The summed E-state index contributed by atoms with van der Waals surface area (Å²) < 4.78 is 4.45. The Morgan fingerprint density at radius 1 is 0.778 bits per heavy atom. The van der Waals surface area contributed by atoms with Crippen molar-refractivity contribution in [1.29, 1.82) is 0 Å². The van der Waals surface area contributed by atoms with Gasteiger partial charge in [-0.3, -0.25) is 14.4 Å². The highest BCUT2D eigenvalue weighted by Crippen LogP contribution is 2.19. The zero-order chi connectivity index (χ0) is 19.8. The van der Waals surface area contributed by atoms with Crippen LogP contribution < -0.4 is 0 Å². The summed E-state index contributed by atoms with van der Waals surface area (Å²) in [5, 5.41) is 1.91. The first-order valence-corrected chi connectivity index (χ1v) is 8.39. The van der Waals surface area contributed by atoms with Crippen LogP contribution in [0.15, 0.2) is 60.7 Å². The van der Waals surface area contributed by atoms with E-state index in [1.54, 1.807) is 0 Å². The minimum absolute atomic E-state index is 0.149. The van der Waals surface area contributed by atoms with Crippen molar-refractivity contribution in [3.8, 4) is 0 Å². The molecular weight excluding hydrogens is 344 g/mol. The quantitative estimate of drug-likeness (QED) is 0.532. The van der Waals surface area contributed by atoms with Crippen molar-refractivity contribution in [2.24, 2.45) is 0 Å². The van der Waals surface area contributed by atoms with Gasteiger partial charge >= 0.3 is 5.97 Å². The van der Waals surface area contributed by atoms with Crippen molar-refractivity contribution >= 4 is 34.1 Å². The summed E-state index contributed by atoms with van der Waals surface area (Å²) >= 11 is 0. The molecule has 138 valence electrons. The molecule has 0 amide bonds. The van der Waals surface area contributed by atoms with E-state index in [0.29, 0.717) is 0 Å². The summed E-state index contributed by atoms with van der Waals surface area (Å²) in [4.78, 5) is 45.8. The predicted octanol–water partition coefficient (Wildman–Crippen LogP) is 2.94. The Morgan fingerprint density at radius 2 is 1.30 bits per heavy atom. The van der Waals surface area contributed by atoms with Crippen molar-refractivity contribution in [3.05, 3.63) is 71.8 Å². The number of benzene rings is 2. The van der Waals surface area contributed by atoms with Crippen LogP contribution in [0.3, 0.4) is 0 Å². The highest BCUT2D eigenvalue weighted by atomic mass is 16.5. The molecule has 0 N–H and O–H groups in total. The fourth-order valence-corrected chi connectivity index (χ4v) is 2.53. The SMILES string of the molecule is COC(=O)/C=C\C(=O)Cc1ccc2ccc(CC(=O)/C=C\C(C)=O)cc2c1. The third kappa shape index (κ3) is 6.47. The number of ketones is 3. The Bertz CT molecular complexity index is 950. The summed E-state index contributed by atoms with van der Waals surface area (Å²) in [5.41, 5.74) is 1.64. The van der Waals surface area contributed by atoms with Crippen LogP contribution in [0.25, 0.3) is 10.8 Å². The van der Waals surface area contributed by atoms with E-state index >= 15 is 0 Å². The maximum Gasteiger partial charge on any atom is 0.330 e. The summed E-state index contributed by atoms with van der Waals surface area (Å²) in [6, 6.07) is 11.3. The summed E-state index contributed by atoms with van der Waals surface area (Å²) in [6.45, 7) is 1.39. The van der Waals surface area contributed by atoms with E-state index in [2.05, 4.69) is 4.74 Å². The molecule has 0 fully saturated rings. The maximum atomic E-state index is 11.9. The zero-order valence-corrected chi connectivity index (χ0v) is 15.2.